The predicted molar refractivity (Wildman–Crippen MR) is 91.3 cm³/mol. The Morgan fingerprint density at radius 3 is 2.70 bits per heavy atom. The molecule has 0 fully saturated rings. The zero-order valence-electron chi connectivity index (χ0n) is 14.0. The molecule has 0 amide bonds. The maximum Gasteiger partial charge on any atom is 0.354 e. The Labute approximate surface area is 141 Å². The molecule has 9 heteroatoms. The lowest BCUT2D eigenvalue weighted by Gasteiger charge is -2.31. The quantitative estimate of drug-likeness (QED) is 0.460. The number of nitrogens with zero attached hydrogens (tertiary/aromatic N) is 3. The van der Waals surface area contributed by atoms with Crippen LogP contribution in [0.2, 0.25) is 0 Å². The summed E-state index contributed by atoms with van der Waals surface area (Å²) in [7, 11) is 0. The van der Waals surface area contributed by atoms with Gasteiger partial charge in [0, 0.05) is 11.8 Å². The number of ether oxygens (including phenoxy) is 1. The SMILES string of the molecule is CCOC(=O)C(C#N)C1=NCCN1P(=O)(OCC)SC(C)CC. The molecule has 1 aliphatic heterocycles. The Morgan fingerprint density at radius 1 is 1.48 bits per heavy atom. The highest BCUT2D eigenvalue weighted by molar-refractivity contribution is 8.56. The fourth-order valence-corrected chi connectivity index (χ4v) is 7.16. The van der Waals surface area contributed by atoms with E-state index in [2.05, 4.69) is 4.99 Å². The fourth-order valence-electron chi connectivity index (χ4n) is 2.01. The Kier molecular flexibility index (Phi) is 8.10. The van der Waals surface area contributed by atoms with Crippen molar-refractivity contribution >= 4 is 29.9 Å². The van der Waals surface area contributed by atoms with Crippen LogP contribution in [0.5, 0.6) is 0 Å². The summed E-state index contributed by atoms with van der Waals surface area (Å²) < 4.78 is 25.3. The molecule has 1 aliphatic rings. The van der Waals surface area contributed by atoms with Crippen molar-refractivity contribution in [3.8, 4) is 6.07 Å². The maximum atomic E-state index is 13.3. The van der Waals surface area contributed by atoms with Crippen LogP contribution in [0.15, 0.2) is 4.99 Å². The van der Waals surface area contributed by atoms with Crippen LogP contribution in [0.4, 0.5) is 0 Å². The molecule has 0 aromatic heterocycles. The number of aliphatic imine (C=N–C) groups is 1. The first-order valence-corrected chi connectivity index (χ1v) is 10.8. The lowest BCUT2D eigenvalue weighted by Crippen LogP contribution is -2.35. The first kappa shape index (κ1) is 20.0. The standard InChI is InChI=1S/C14H24N3O4PS/c1-5-11(4)23-22(19,21-7-3)17-9-8-16-13(17)12(10-15)14(18)20-6-2/h11-12H,5-9H2,1-4H3. The summed E-state index contributed by atoms with van der Waals surface area (Å²) in [5.74, 6) is -1.65. The summed E-state index contributed by atoms with van der Waals surface area (Å²) in [6.45, 7) is 5.35. The number of esters is 1. The van der Waals surface area contributed by atoms with E-state index in [9.17, 15) is 14.6 Å². The van der Waals surface area contributed by atoms with Crippen molar-refractivity contribution in [3.63, 3.8) is 0 Å². The van der Waals surface area contributed by atoms with Gasteiger partial charge < -0.3 is 9.26 Å². The van der Waals surface area contributed by atoms with Crippen molar-refractivity contribution < 1.29 is 18.6 Å². The molecule has 0 aliphatic carbocycles. The molecule has 23 heavy (non-hydrogen) atoms. The second-order valence-electron chi connectivity index (χ2n) is 4.89. The number of amidine groups is 1. The summed E-state index contributed by atoms with van der Waals surface area (Å²) in [4.78, 5) is 16.2. The lowest BCUT2D eigenvalue weighted by molar-refractivity contribution is -0.144. The Bertz CT molecular complexity index is 535. The molecule has 3 unspecified atom stereocenters. The molecule has 0 bridgehead atoms. The molecule has 7 nitrogen and oxygen atoms in total. The van der Waals surface area contributed by atoms with Crippen molar-refractivity contribution in [2.45, 2.75) is 39.4 Å². The number of hydrogen-bond acceptors (Lipinski definition) is 7. The minimum atomic E-state index is -3.26. The molecule has 0 N–H and O–H groups in total. The highest BCUT2D eigenvalue weighted by atomic mass is 32.7. The second-order valence-corrected chi connectivity index (χ2v) is 9.60. The molecule has 0 aromatic rings. The van der Waals surface area contributed by atoms with Crippen LogP contribution in [-0.2, 0) is 18.6 Å². The van der Waals surface area contributed by atoms with E-state index in [4.69, 9.17) is 9.26 Å². The van der Waals surface area contributed by atoms with Crippen molar-refractivity contribution in [1.29, 1.82) is 5.26 Å². The van der Waals surface area contributed by atoms with Crippen LogP contribution in [0, 0.1) is 17.2 Å². The number of hydrogen-bond donors (Lipinski definition) is 0. The van der Waals surface area contributed by atoms with Gasteiger partial charge in [-0.2, -0.15) is 5.26 Å². The topological polar surface area (TPSA) is 92.0 Å². The second kappa shape index (κ2) is 9.31. The molecule has 0 saturated heterocycles. The van der Waals surface area contributed by atoms with Crippen molar-refractivity contribution in [2.24, 2.45) is 10.9 Å². The van der Waals surface area contributed by atoms with Gasteiger partial charge in [-0.1, -0.05) is 13.8 Å². The van der Waals surface area contributed by atoms with Gasteiger partial charge >= 0.3 is 12.7 Å². The third-order valence-corrected chi connectivity index (χ3v) is 8.56. The zero-order valence-corrected chi connectivity index (χ0v) is 15.7. The first-order chi connectivity index (χ1) is 10.9. The van der Waals surface area contributed by atoms with E-state index in [1.54, 1.807) is 13.8 Å². The van der Waals surface area contributed by atoms with E-state index in [-0.39, 0.29) is 24.3 Å². The lowest BCUT2D eigenvalue weighted by atomic mass is 10.1. The minimum Gasteiger partial charge on any atom is -0.465 e. The predicted octanol–water partition coefficient (Wildman–Crippen LogP) is 3.08. The normalized spacial score (nSPS) is 19.4. The molecular weight excluding hydrogens is 337 g/mol. The Morgan fingerprint density at radius 2 is 2.17 bits per heavy atom. The first-order valence-electron chi connectivity index (χ1n) is 7.75. The van der Waals surface area contributed by atoms with Gasteiger partial charge in [-0.25, -0.2) is 0 Å². The van der Waals surface area contributed by atoms with E-state index in [0.29, 0.717) is 13.1 Å². The van der Waals surface area contributed by atoms with Crippen LogP contribution in [0.25, 0.3) is 0 Å². The molecular formula is C14H24N3O4PS. The van der Waals surface area contributed by atoms with E-state index in [1.807, 2.05) is 19.9 Å². The van der Waals surface area contributed by atoms with Crippen molar-refractivity contribution in [1.82, 2.24) is 4.67 Å². The molecule has 1 rings (SSSR count). The van der Waals surface area contributed by atoms with Gasteiger partial charge in [0.2, 0.25) is 5.92 Å². The van der Waals surface area contributed by atoms with E-state index >= 15 is 0 Å². The van der Waals surface area contributed by atoms with Crippen LogP contribution >= 0.6 is 18.1 Å². The van der Waals surface area contributed by atoms with Crippen LogP contribution < -0.4 is 0 Å². The number of nitriles is 1. The number of rotatable bonds is 9. The van der Waals surface area contributed by atoms with Crippen molar-refractivity contribution in [3.05, 3.63) is 0 Å². The Hall–Kier alpha value is -1.03. The summed E-state index contributed by atoms with van der Waals surface area (Å²) >= 11 is 1.24. The number of carbonyl (C=O) groups is 1. The maximum absolute atomic E-state index is 13.3. The van der Waals surface area contributed by atoms with E-state index < -0.39 is 18.6 Å². The van der Waals surface area contributed by atoms with Gasteiger partial charge in [-0.05, 0) is 31.7 Å². The van der Waals surface area contributed by atoms with E-state index in [0.717, 1.165) is 6.42 Å². The van der Waals surface area contributed by atoms with Gasteiger partial charge in [0.05, 0.1) is 25.8 Å². The third kappa shape index (κ3) is 4.97. The summed E-state index contributed by atoms with van der Waals surface area (Å²) in [6, 6.07) is 1.91. The molecule has 0 saturated carbocycles. The van der Waals surface area contributed by atoms with Gasteiger partial charge in [0.1, 0.15) is 5.84 Å². The average Bonchev–Trinajstić information content (AvgIpc) is 2.98. The van der Waals surface area contributed by atoms with Crippen LogP contribution in [0.1, 0.15) is 34.1 Å². The van der Waals surface area contributed by atoms with Gasteiger partial charge in [-0.15, -0.1) is 0 Å². The number of carbonyl (C=O) groups excluding carboxylic acids is 1. The largest absolute Gasteiger partial charge is 0.465 e. The monoisotopic (exact) mass is 361 g/mol. The van der Waals surface area contributed by atoms with Crippen LogP contribution in [0.3, 0.4) is 0 Å². The third-order valence-electron chi connectivity index (χ3n) is 3.24. The highest BCUT2D eigenvalue weighted by Gasteiger charge is 2.43. The smallest absolute Gasteiger partial charge is 0.354 e. The molecule has 0 radical (unpaired) electrons. The molecule has 0 spiro atoms. The summed E-state index contributed by atoms with van der Waals surface area (Å²) in [5.41, 5.74) is 0. The highest BCUT2D eigenvalue weighted by Crippen LogP contribution is 2.65. The van der Waals surface area contributed by atoms with E-state index in [1.165, 1.54) is 16.1 Å². The molecule has 130 valence electrons. The average molecular weight is 361 g/mol. The molecule has 1 heterocycles. The fraction of sp³-hybridized carbons (Fsp3) is 0.786. The van der Waals surface area contributed by atoms with Gasteiger partial charge in [-0.3, -0.25) is 19.0 Å². The molecule has 0 aromatic carbocycles. The summed E-state index contributed by atoms with van der Waals surface area (Å²) in [5, 5.41) is 9.45. The zero-order chi connectivity index (χ0) is 17.5. The van der Waals surface area contributed by atoms with Crippen molar-refractivity contribution in [2.75, 3.05) is 26.3 Å². The Balaban J connectivity index is 3.08. The molecule has 3 atom stereocenters. The van der Waals surface area contributed by atoms with Gasteiger partial charge in [0.25, 0.3) is 0 Å². The minimum absolute atomic E-state index is 0.123. The summed E-state index contributed by atoms with van der Waals surface area (Å²) in [6.07, 6.45) is 0.835. The van der Waals surface area contributed by atoms with Gasteiger partial charge in [0.15, 0.2) is 0 Å². The van der Waals surface area contributed by atoms with Crippen LogP contribution in [-0.4, -0.2) is 48.0 Å².